The third-order valence-electron chi connectivity index (χ3n) is 13.2. The molecule has 0 aromatic rings. The number of cyclic esters (lactones) is 2. The Labute approximate surface area is 367 Å². The van der Waals surface area contributed by atoms with Crippen LogP contribution >= 0.6 is 0 Å². The summed E-state index contributed by atoms with van der Waals surface area (Å²) in [6.07, 6.45) is 16.6. The van der Waals surface area contributed by atoms with Crippen LogP contribution in [0.2, 0.25) is 0 Å². The smallest absolute Gasteiger partial charge is 0.341 e. The number of Topliss-reactive ketones (excluding diaryl/α,β-unsaturated/α-hetero) is 2. The van der Waals surface area contributed by atoms with Crippen LogP contribution in [0.5, 0.6) is 0 Å². The number of carbonyl (C=O) groups excluding carboxylic acids is 4. The molecule has 5 aliphatic heterocycles. The monoisotopic (exact) mass is 872 g/mol. The Morgan fingerprint density at radius 2 is 0.855 bits per heavy atom. The molecular formula is C48H72O14. The maximum Gasteiger partial charge on any atom is 0.341 e. The van der Waals surface area contributed by atoms with Crippen molar-refractivity contribution in [1.29, 1.82) is 0 Å². The largest absolute Gasteiger partial charge is 0.461 e. The van der Waals surface area contributed by atoms with E-state index in [0.717, 1.165) is 0 Å². The molecule has 0 amide bonds. The minimum atomic E-state index is -1.37. The molecule has 0 radical (unpaired) electrons. The Hall–Kier alpha value is -3.08. The maximum atomic E-state index is 13.5. The highest BCUT2D eigenvalue weighted by molar-refractivity contribution is 5.82. The van der Waals surface area contributed by atoms with Gasteiger partial charge in [0.2, 0.25) is 23.8 Å². The Morgan fingerprint density at radius 1 is 0.500 bits per heavy atom. The van der Waals surface area contributed by atoms with Gasteiger partial charge in [-0.25, -0.2) is 9.59 Å². The Kier molecular flexibility index (Phi) is 19.1. The second kappa shape index (κ2) is 23.7. The number of allylic oxidation sites excluding steroid dienone is 8. The van der Waals surface area contributed by atoms with Crippen molar-refractivity contribution in [3.8, 4) is 0 Å². The van der Waals surface area contributed by atoms with E-state index in [0.29, 0.717) is 77.0 Å². The van der Waals surface area contributed by atoms with Gasteiger partial charge in [-0.05, 0) is 90.9 Å². The van der Waals surface area contributed by atoms with Crippen LogP contribution in [0.1, 0.15) is 131 Å². The van der Waals surface area contributed by atoms with Crippen LogP contribution in [0.25, 0.3) is 0 Å². The van der Waals surface area contributed by atoms with Crippen molar-refractivity contribution in [2.75, 3.05) is 13.6 Å². The molecule has 2 N–H and O–H groups in total. The number of fused-ring (bicyclic) bond motifs is 2. The van der Waals surface area contributed by atoms with Gasteiger partial charge in [0.05, 0.1) is 36.6 Å². The number of aliphatic hydroxyl groups is 2. The minimum Gasteiger partial charge on any atom is -0.461 e. The maximum absolute atomic E-state index is 13.5. The summed E-state index contributed by atoms with van der Waals surface area (Å²) in [5.41, 5.74) is 0. The summed E-state index contributed by atoms with van der Waals surface area (Å²) >= 11 is 0. The van der Waals surface area contributed by atoms with E-state index in [4.69, 9.17) is 37.9 Å². The zero-order valence-electron chi connectivity index (χ0n) is 37.7. The Balaban J connectivity index is 1.21. The molecule has 0 aromatic heterocycles. The summed E-state index contributed by atoms with van der Waals surface area (Å²) in [5.74, 6) is -5.57. The number of carbonyl (C=O) groups is 4. The van der Waals surface area contributed by atoms with Crippen molar-refractivity contribution in [3.05, 3.63) is 48.6 Å². The minimum absolute atomic E-state index is 0.0128. The first-order chi connectivity index (χ1) is 29.7. The van der Waals surface area contributed by atoms with Gasteiger partial charge in [-0.3, -0.25) is 9.59 Å². The molecule has 348 valence electrons. The van der Waals surface area contributed by atoms with E-state index in [1.54, 1.807) is 13.8 Å². The van der Waals surface area contributed by atoms with E-state index in [9.17, 15) is 29.4 Å². The molecule has 14 atom stereocenters. The van der Waals surface area contributed by atoms with Crippen LogP contribution in [0, 0.1) is 23.7 Å². The molecule has 0 aliphatic carbocycles. The van der Waals surface area contributed by atoms with Gasteiger partial charge in [-0.15, -0.1) is 0 Å². The number of aliphatic hydroxyl groups excluding tert-OH is 2. The summed E-state index contributed by atoms with van der Waals surface area (Å²) in [4.78, 5) is 53.7. The van der Waals surface area contributed by atoms with Crippen molar-refractivity contribution in [1.82, 2.24) is 0 Å². The van der Waals surface area contributed by atoms with E-state index in [1.807, 2.05) is 76.3 Å². The predicted octanol–water partition coefficient (Wildman–Crippen LogP) is 6.89. The lowest BCUT2D eigenvalue weighted by atomic mass is 9.82. The van der Waals surface area contributed by atoms with Gasteiger partial charge in [0.1, 0.15) is 11.6 Å². The highest BCUT2D eigenvalue weighted by atomic mass is 16.8. The number of rotatable bonds is 0. The molecule has 4 saturated heterocycles. The number of ketones is 2. The normalized spacial score (nSPS) is 43.1. The average Bonchev–Trinajstić information content (AvgIpc) is 3.86. The fraction of sp³-hybridized carbons (Fsp3) is 0.750. The summed E-state index contributed by atoms with van der Waals surface area (Å²) in [5, 5.41) is 21.5. The van der Waals surface area contributed by atoms with E-state index >= 15 is 0 Å². The Morgan fingerprint density at radius 3 is 1.23 bits per heavy atom. The van der Waals surface area contributed by atoms with Crippen molar-refractivity contribution in [2.24, 2.45) is 23.7 Å². The zero-order valence-corrected chi connectivity index (χ0v) is 37.7. The van der Waals surface area contributed by atoms with Crippen LogP contribution in [0.4, 0.5) is 0 Å². The fourth-order valence-corrected chi connectivity index (χ4v) is 9.02. The summed E-state index contributed by atoms with van der Waals surface area (Å²) in [6, 6.07) is 0. The molecular weight excluding hydrogens is 801 g/mol. The highest BCUT2D eigenvalue weighted by Crippen LogP contribution is 2.46. The van der Waals surface area contributed by atoms with E-state index in [1.165, 1.54) is 0 Å². The fourth-order valence-electron chi connectivity index (χ4n) is 9.02. The Bertz CT molecular complexity index is 1490. The van der Waals surface area contributed by atoms with Crippen molar-refractivity contribution in [3.63, 3.8) is 0 Å². The van der Waals surface area contributed by atoms with E-state index < -0.39 is 84.2 Å². The first kappa shape index (κ1) is 49.9. The van der Waals surface area contributed by atoms with Crippen LogP contribution in [0.15, 0.2) is 48.6 Å². The van der Waals surface area contributed by atoms with Crippen molar-refractivity contribution < 1.29 is 67.3 Å². The summed E-state index contributed by atoms with van der Waals surface area (Å²) in [6.45, 7) is 10.9. The molecule has 14 nitrogen and oxygen atoms in total. The molecule has 0 aromatic carbocycles. The molecule has 62 heavy (non-hydrogen) atoms. The quantitative estimate of drug-likeness (QED) is 0.240. The van der Waals surface area contributed by atoms with Crippen LogP contribution < -0.4 is 0 Å². The van der Waals surface area contributed by atoms with E-state index in [2.05, 4.69) is 0 Å². The third kappa shape index (κ3) is 13.0. The second-order valence-corrected chi connectivity index (χ2v) is 18.1. The lowest BCUT2D eigenvalue weighted by Crippen LogP contribution is -2.58. The summed E-state index contributed by atoms with van der Waals surface area (Å²) in [7, 11) is 0. The number of esters is 2. The topological polar surface area (TPSA) is 183 Å². The molecule has 5 aliphatic rings. The van der Waals surface area contributed by atoms with Crippen LogP contribution in [-0.4, -0.2) is 108 Å². The molecule has 2 spiro atoms. The molecule has 4 fully saturated rings. The van der Waals surface area contributed by atoms with E-state index in [-0.39, 0.29) is 49.8 Å². The van der Waals surface area contributed by atoms with Gasteiger partial charge in [-0.2, -0.15) is 0 Å². The SMILES string of the molecule is C[C@@H]1C(=O)C[C@@H](O)CC/C=C/C=C\CC[C@H](C)OC(=O)[C@@H]2OCO[C@]23O[C@@H](CC[C@H]3C)[C@H](C)C(=O)C[C@@H](O)CC/C=C/C=C\CC[C@H](C)OC(=O)[C@@H]2OCO[C@]23O[C@H]1CC[C@H]3C. The standard InChI is InChI=1S/C48H72O14/c1-31-23-25-41-35(5)39(51)27-37(49)21-17-13-10-8-12-16-20-34(4)60-46(54)44-48(58-30-56-44)32(2)24-26-42(62-48)36(6)40(52)28-38(50)22-18-14-9-7-11-15-19-33(3)59-45(53)43-47(31,61-41)57-29-55-43/h7-14,31-38,41-44,49-50H,15-30H2,1-6H3/b11-7-,12-8-,13-10+,14-9+/t31-,32-,33+,34+,35-,36-,37+,38+,41+,42+,43+,44+,47-,48-/m1/s1. The van der Waals surface area contributed by atoms with Crippen molar-refractivity contribution in [2.45, 2.75) is 192 Å². The first-order valence-electron chi connectivity index (χ1n) is 23.0. The number of hydrogen-bond acceptors (Lipinski definition) is 14. The van der Waals surface area contributed by atoms with Crippen LogP contribution in [-0.2, 0) is 57.1 Å². The molecule has 5 rings (SSSR count). The average molecular weight is 873 g/mol. The third-order valence-corrected chi connectivity index (χ3v) is 13.2. The van der Waals surface area contributed by atoms with Gasteiger partial charge in [0, 0.05) is 36.5 Å². The van der Waals surface area contributed by atoms with Gasteiger partial charge in [-0.1, -0.05) is 76.3 Å². The summed E-state index contributed by atoms with van der Waals surface area (Å²) < 4.78 is 48.1. The predicted molar refractivity (Wildman–Crippen MR) is 228 cm³/mol. The highest BCUT2D eigenvalue weighted by Gasteiger charge is 2.60. The number of hydrogen-bond donors (Lipinski definition) is 2. The lowest BCUT2D eigenvalue weighted by molar-refractivity contribution is -0.295. The molecule has 4 bridgehead atoms. The van der Waals surface area contributed by atoms with Gasteiger partial charge in [0.15, 0.2) is 13.6 Å². The van der Waals surface area contributed by atoms with Crippen LogP contribution in [0.3, 0.4) is 0 Å². The molecule has 0 unspecified atom stereocenters. The van der Waals surface area contributed by atoms with Gasteiger partial charge >= 0.3 is 11.9 Å². The van der Waals surface area contributed by atoms with Gasteiger partial charge < -0.3 is 48.1 Å². The first-order valence-corrected chi connectivity index (χ1v) is 23.0. The molecule has 0 saturated carbocycles. The number of ether oxygens (including phenoxy) is 8. The molecule has 14 heteroatoms. The van der Waals surface area contributed by atoms with Gasteiger partial charge in [0.25, 0.3) is 0 Å². The lowest BCUT2D eigenvalue weighted by Gasteiger charge is -2.45. The zero-order chi connectivity index (χ0) is 44.9. The second-order valence-electron chi connectivity index (χ2n) is 18.1. The molecule has 5 heterocycles. The van der Waals surface area contributed by atoms with Crippen molar-refractivity contribution >= 4 is 23.5 Å².